The Morgan fingerprint density at radius 1 is 1.24 bits per heavy atom. The number of benzene rings is 1. The predicted molar refractivity (Wildman–Crippen MR) is 84.2 cm³/mol. The van der Waals surface area contributed by atoms with Crippen LogP contribution >= 0.6 is 0 Å². The van der Waals surface area contributed by atoms with Crippen LogP contribution in [0.4, 0.5) is 5.69 Å². The van der Waals surface area contributed by atoms with Crippen LogP contribution in [0, 0.1) is 5.92 Å². The van der Waals surface area contributed by atoms with Gasteiger partial charge < -0.3 is 5.32 Å². The van der Waals surface area contributed by atoms with Crippen molar-refractivity contribution in [3.63, 3.8) is 0 Å². The minimum absolute atomic E-state index is 0.0467. The lowest BCUT2D eigenvalue weighted by atomic mass is 9.98. The fourth-order valence-corrected chi connectivity index (χ4v) is 2.73. The zero-order valence-corrected chi connectivity index (χ0v) is 13.1. The number of carbonyl (C=O) groups is 2. The van der Waals surface area contributed by atoms with Crippen molar-refractivity contribution >= 4 is 17.5 Å². The quantitative estimate of drug-likeness (QED) is 0.905. The van der Waals surface area contributed by atoms with E-state index in [4.69, 9.17) is 0 Å². The van der Waals surface area contributed by atoms with Gasteiger partial charge in [-0.25, -0.2) is 0 Å². The highest BCUT2D eigenvalue weighted by Gasteiger charge is 2.37. The summed E-state index contributed by atoms with van der Waals surface area (Å²) in [5.74, 6) is -0.0386. The van der Waals surface area contributed by atoms with Crippen molar-refractivity contribution in [2.24, 2.45) is 5.92 Å². The van der Waals surface area contributed by atoms with E-state index < -0.39 is 6.04 Å². The molecule has 4 nitrogen and oxygen atoms in total. The maximum atomic E-state index is 12.2. The van der Waals surface area contributed by atoms with Crippen molar-refractivity contribution in [3.05, 3.63) is 29.8 Å². The number of amides is 2. The first kappa shape index (κ1) is 15.5. The van der Waals surface area contributed by atoms with Gasteiger partial charge in [0.05, 0.1) is 6.54 Å². The van der Waals surface area contributed by atoms with E-state index in [1.807, 2.05) is 26.0 Å². The monoisotopic (exact) mass is 288 g/mol. The van der Waals surface area contributed by atoms with Gasteiger partial charge in [-0.3, -0.25) is 14.5 Å². The molecule has 1 unspecified atom stereocenters. The molecule has 1 fully saturated rings. The van der Waals surface area contributed by atoms with Gasteiger partial charge in [-0.15, -0.1) is 0 Å². The topological polar surface area (TPSA) is 49.4 Å². The van der Waals surface area contributed by atoms with Crippen LogP contribution in [0.5, 0.6) is 0 Å². The molecule has 0 spiro atoms. The highest BCUT2D eigenvalue weighted by Crippen LogP contribution is 2.24. The Morgan fingerprint density at radius 2 is 1.90 bits per heavy atom. The number of carbonyl (C=O) groups excluding carboxylic acids is 2. The molecule has 2 amide bonds. The summed E-state index contributed by atoms with van der Waals surface area (Å²) >= 11 is 0. The lowest BCUT2D eigenvalue weighted by Crippen LogP contribution is -2.60. The molecule has 1 saturated heterocycles. The number of nitrogens with zero attached hydrogens (tertiary/aromatic N) is 1. The summed E-state index contributed by atoms with van der Waals surface area (Å²) in [6, 6.07) is 7.60. The van der Waals surface area contributed by atoms with E-state index in [2.05, 4.69) is 24.4 Å². The van der Waals surface area contributed by atoms with E-state index in [0.717, 1.165) is 12.1 Å². The molecule has 0 radical (unpaired) electrons. The fraction of sp³-hybridized carbons (Fsp3) is 0.529. The molecule has 114 valence electrons. The highest BCUT2D eigenvalue weighted by molar-refractivity contribution is 6.06. The molecule has 21 heavy (non-hydrogen) atoms. The molecule has 0 aliphatic carbocycles. The first-order valence-electron chi connectivity index (χ1n) is 7.73. The number of anilines is 1. The largest absolute Gasteiger partial charge is 0.345 e. The van der Waals surface area contributed by atoms with Crippen LogP contribution < -0.4 is 10.2 Å². The maximum absolute atomic E-state index is 12.2. The second kappa shape index (κ2) is 6.74. The van der Waals surface area contributed by atoms with Gasteiger partial charge in [0, 0.05) is 5.69 Å². The summed E-state index contributed by atoms with van der Waals surface area (Å²) in [5, 5.41) is 2.67. The summed E-state index contributed by atoms with van der Waals surface area (Å²) < 4.78 is 0. The molecule has 1 heterocycles. The molecule has 1 aliphatic rings. The molecule has 1 aliphatic heterocycles. The molecular weight excluding hydrogens is 264 g/mol. The van der Waals surface area contributed by atoms with Gasteiger partial charge in [-0.2, -0.15) is 0 Å². The SMILES string of the molecule is CCCCc1ccc(N2C(=O)CNC(=O)C2C(C)C)cc1. The van der Waals surface area contributed by atoms with Crippen molar-refractivity contribution < 1.29 is 9.59 Å². The Bertz CT molecular complexity index is 508. The third-order valence-corrected chi connectivity index (χ3v) is 3.89. The average Bonchev–Trinajstić information content (AvgIpc) is 2.47. The summed E-state index contributed by atoms with van der Waals surface area (Å²) in [6.07, 6.45) is 3.39. The van der Waals surface area contributed by atoms with E-state index in [-0.39, 0.29) is 24.3 Å². The van der Waals surface area contributed by atoms with Gasteiger partial charge in [0.1, 0.15) is 6.04 Å². The van der Waals surface area contributed by atoms with Gasteiger partial charge in [-0.05, 0) is 36.5 Å². The molecule has 0 saturated carbocycles. The minimum atomic E-state index is -0.423. The van der Waals surface area contributed by atoms with Gasteiger partial charge in [0.2, 0.25) is 11.8 Å². The van der Waals surface area contributed by atoms with E-state index in [9.17, 15) is 9.59 Å². The Balaban J connectivity index is 2.24. The van der Waals surface area contributed by atoms with Crippen LogP contribution in [-0.2, 0) is 16.0 Å². The third-order valence-electron chi connectivity index (χ3n) is 3.89. The first-order chi connectivity index (χ1) is 10.0. The summed E-state index contributed by atoms with van der Waals surface area (Å²) in [7, 11) is 0. The van der Waals surface area contributed by atoms with Crippen molar-refractivity contribution in [1.29, 1.82) is 0 Å². The molecule has 4 heteroatoms. The van der Waals surface area contributed by atoms with E-state index in [1.54, 1.807) is 4.90 Å². The highest BCUT2D eigenvalue weighted by atomic mass is 16.2. The van der Waals surface area contributed by atoms with E-state index >= 15 is 0 Å². The molecular formula is C17H24N2O2. The van der Waals surface area contributed by atoms with E-state index in [0.29, 0.717) is 0 Å². The van der Waals surface area contributed by atoms with Gasteiger partial charge in [0.25, 0.3) is 0 Å². The van der Waals surface area contributed by atoms with Crippen LogP contribution in [0.3, 0.4) is 0 Å². The molecule has 1 aromatic rings. The Labute approximate surface area is 126 Å². The van der Waals surface area contributed by atoms with Gasteiger partial charge in [-0.1, -0.05) is 39.3 Å². The number of nitrogens with one attached hydrogen (secondary N) is 1. The number of rotatable bonds is 5. The van der Waals surface area contributed by atoms with Crippen molar-refractivity contribution in [2.45, 2.75) is 46.1 Å². The maximum Gasteiger partial charge on any atom is 0.247 e. The van der Waals surface area contributed by atoms with Crippen LogP contribution in [-0.4, -0.2) is 24.4 Å². The summed E-state index contributed by atoms with van der Waals surface area (Å²) in [5.41, 5.74) is 2.09. The lowest BCUT2D eigenvalue weighted by molar-refractivity contribution is -0.131. The number of hydrogen-bond donors (Lipinski definition) is 1. The predicted octanol–water partition coefficient (Wildman–Crippen LogP) is 2.52. The van der Waals surface area contributed by atoms with Crippen LogP contribution in [0.15, 0.2) is 24.3 Å². The summed E-state index contributed by atoms with van der Waals surface area (Å²) in [4.78, 5) is 25.9. The number of unbranched alkanes of at least 4 members (excludes halogenated alkanes) is 1. The summed E-state index contributed by atoms with van der Waals surface area (Å²) in [6.45, 7) is 6.18. The number of hydrogen-bond acceptors (Lipinski definition) is 2. The average molecular weight is 288 g/mol. The van der Waals surface area contributed by atoms with Gasteiger partial charge >= 0.3 is 0 Å². The van der Waals surface area contributed by atoms with Crippen LogP contribution in [0.25, 0.3) is 0 Å². The number of aryl methyl sites for hydroxylation is 1. The fourth-order valence-electron chi connectivity index (χ4n) is 2.73. The van der Waals surface area contributed by atoms with Crippen molar-refractivity contribution in [2.75, 3.05) is 11.4 Å². The molecule has 1 aromatic carbocycles. The molecule has 1 atom stereocenters. The second-order valence-corrected chi connectivity index (χ2v) is 5.94. The lowest BCUT2D eigenvalue weighted by Gasteiger charge is -2.37. The molecule has 1 N–H and O–H groups in total. The van der Waals surface area contributed by atoms with Crippen LogP contribution in [0.1, 0.15) is 39.2 Å². The molecule has 2 rings (SSSR count). The normalized spacial score (nSPS) is 19.0. The Morgan fingerprint density at radius 3 is 2.48 bits per heavy atom. The van der Waals surface area contributed by atoms with Gasteiger partial charge in [0.15, 0.2) is 0 Å². The Hall–Kier alpha value is -1.84. The van der Waals surface area contributed by atoms with Crippen LogP contribution in [0.2, 0.25) is 0 Å². The van der Waals surface area contributed by atoms with Crippen molar-refractivity contribution in [1.82, 2.24) is 5.32 Å². The zero-order chi connectivity index (χ0) is 15.4. The standard InChI is InChI=1S/C17H24N2O2/c1-4-5-6-13-7-9-14(10-8-13)19-15(20)11-18-17(21)16(19)12(2)3/h7-10,12,16H,4-6,11H2,1-3H3,(H,18,21). The zero-order valence-electron chi connectivity index (χ0n) is 13.1. The molecule has 0 aromatic heterocycles. The molecule has 0 bridgehead atoms. The number of piperazine rings is 1. The van der Waals surface area contributed by atoms with E-state index in [1.165, 1.54) is 18.4 Å². The minimum Gasteiger partial charge on any atom is -0.345 e. The smallest absolute Gasteiger partial charge is 0.247 e. The van der Waals surface area contributed by atoms with Crippen molar-refractivity contribution in [3.8, 4) is 0 Å². The Kier molecular flexibility index (Phi) is 4.99. The third kappa shape index (κ3) is 3.43. The first-order valence-corrected chi connectivity index (χ1v) is 7.73. The second-order valence-electron chi connectivity index (χ2n) is 5.94.